The lowest BCUT2D eigenvalue weighted by molar-refractivity contribution is -0.174. The number of rotatable bonds is 4. The van der Waals surface area contributed by atoms with E-state index in [0.29, 0.717) is 30.1 Å². The van der Waals surface area contributed by atoms with Crippen molar-refractivity contribution in [3.8, 4) is 0 Å². The predicted molar refractivity (Wildman–Crippen MR) is 140 cm³/mol. The molecule has 40 heavy (non-hydrogen) atoms. The molecule has 6 rings (SSSR count). The maximum absolute atomic E-state index is 14.3. The minimum absolute atomic E-state index is 0.0481. The minimum atomic E-state index is -2.06. The molecule has 0 radical (unpaired) electrons. The van der Waals surface area contributed by atoms with E-state index < -0.39 is 39.8 Å². The van der Waals surface area contributed by atoms with Crippen LogP contribution >= 0.6 is 0 Å². The maximum atomic E-state index is 14.3. The SMILES string of the molecule is C[C@H](CCc1nc2c(F)c(F)c(F)c(F)c2c(=O)o1)[C@H]1CC[C@H]2[C@H]3C(CC[C@]12C)[C@@]1(C)CC[C@@H](O)C[C@H]1C[C@H]3O. The van der Waals surface area contributed by atoms with Gasteiger partial charge in [0.1, 0.15) is 10.9 Å². The van der Waals surface area contributed by atoms with Gasteiger partial charge < -0.3 is 14.6 Å². The second-order valence-electron chi connectivity index (χ2n) is 13.8. The van der Waals surface area contributed by atoms with Gasteiger partial charge in [0.15, 0.2) is 29.2 Å². The molecule has 9 heteroatoms. The molecule has 4 aliphatic carbocycles. The summed E-state index contributed by atoms with van der Waals surface area (Å²) in [6.07, 6.45) is 7.75. The van der Waals surface area contributed by atoms with Gasteiger partial charge in [-0.1, -0.05) is 20.8 Å². The highest BCUT2D eigenvalue weighted by Crippen LogP contribution is 2.68. The van der Waals surface area contributed by atoms with Crippen LogP contribution in [0.1, 0.15) is 84.4 Å². The number of hydrogen-bond acceptors (Lipinski definition) is 5. The van der Waals surface area contributed by atoms with Crippen molar-refractivity contribution in [3.05, 3.63) is 39.6 Å². The van der Waals surface area contributed by atoms with Crippen molar-refractivity contribution in [2.45, 2.75) is 97.2 Å². The van der Waals surface area contributed by atoms with Crippen LogP contribution in [0.5, 0.6) is 0 Å². The van der Waals surface area contributed by atoms with E-state index in [-0.39, 0.29) is 47.2 Å². The molecule has 4 aliphatic rings. The Morgan fingerprint density at radius 2 is 1.60 bits per heavy atom. The molecule has 1 aromatic heterocycles. The van der Waals surface area contributed by atoms with Gasteiger partial charge in [-0.15, -0.1) is 0 Å². The molecule has 5 nitrogen and oxygen atoms in total. The molecule has 10 atom stereocenters. The number of aromatic nitrogens is 1. The molecule has 4 saturated carbocycles. The van der Waals surface area contributed by atoms with Crippen molar-refractivity contribution in [1.82, 2.24) is 4.98 Å². The zero-order valence-corrected chi connectivity index (χ0v) is 23.4. The summed E-state index contributed by atoms with van der Waals surface area (Å²) in [7, 11) is 0. The van der Waals surface area contributed by atoms with Crippen LogP contribution in [0.4, 0.5) is 17.6 Å². The summed E-state index contributed by atoms with van der Waals surface area (Å²) in [5.41, 5.74) is -1.92. The van der Waals surface area contributed by atoms with E-state index in [1.54, 1.807) is 0 Å². The lowest BCUT2D eigenvalue weighted by atomic mass is 9.43. The Hall–Kier alpha value is -2.00. The van der Waals surface area contributed by atoms with Crippen LogP contribution in [0.3, 0.4) is 0 Å². The van der Waals surface area contributed by atoms with Crippen LogP contribution in [0.2, 0.25) is 0 Å². The molecule has 0 bridgehead atoms. The molecule has 1 heterocycles. The van der Waals surface area contributed by atoms with Crippen molar-refractivity contribution in [3.63, 3.8) is 0 Å². The van der Waals surface area contributed by atoms with Gasteiger partial charge in [0, 0.05) is 6.42 Å². The third-order valence-electron chi connectivity index (χ3n) is 12.1. The lowest BCUT2D eigenvalue weighted by Gasteiger charge is -2.62. The summed E-state index contributed by atoms with van der Waals surface area (Å²) in [4.78, 5) is 16.2. The monoisotopic (exact) mass is 565 g/mol. The van der Waals surface area contributed by atoms with Crippen LogP contribution < -0.4 is 5.63 Å². The molecule has 0 aliphatic heterocycles. The second-order valence-corrected chi connectivity index (χ2v) is 13.8. The highest BCUT2D eigenvalue weighted by molar-refractivity contribution is 5.78. The topological polar surface area (TPSA) is 83.6 Å². The Labute approximate surface area is 231 Å². The summed E-state index contributed by atoms with van der Waals surface area (Å²) in [6, 6.07) is 0. The number of halogens is 4. The van der Waals surface area contributed by atoms with Gasteiger partial charge in [-0.25, -0.2) is 27.3 Å². The zero-order valence-electron chi connectivity index (χ0n) is 23.4. The maximum Gasteiger partial charge on any atom is 0.350 e. The fourth-order valence-corrected chi connectivity index (χ4v) is 10.1. The van der Waals surface area contributed by atoms with Crippen LogP contribution in [0.25, 0.3) is 10.9 Å². The average molecular weight is 566 g/mol. The van der Waals surface area contributed by atoms with Crippen LogP contribution in [0, 0.1) is 69.6 Å². The normalized spacial score (nSPS) is 40.0. The van der Waals surface area contributed by atoms with Crippen LogP contribution in [-0.4, -0.2) is 27.4 Å². The van der Waals surface area contributed by atoms with Gasteiger partial charge in [0.25, 0.3) is 0 Å². The molecule has 2 aromatic rings. The van der Waals surface area contributed by atoms with Gasteiger partial charge in [0.05, 0.1) is 12.2 Å². The Bertz CT molecular complexity index is 1380. The third-order valence-corrected chi connectivity index (χ3v) is 12.1. The van der Waals surface area contributed by atoms with Gasteiger partial charge in [-0.05, 0) is 104 Å². The number of hydrogen-bond donors (Lipinski definition) is 2. The second kappa shape index (κ2) is 9.79. The first-order chi connectivity index (χ1) is 18.9. The lowest BCUT2D eigenvalue weighted by Crippen LogP contribution is -2.58. The first kappa shape index (κ1) is 28.1. The van der Waals surface area contributed by atoms with Gasteiger partial charge in [0.2, 0.25) is 0 Å². The van der Waals surface area contributed by atoms with Crippen molar-refractivity contribution in [2.24, 2.45) is 46.3 Å². The third kappa shape index (κ3) is 4.08. The van der Waals surface area contributed by atoms with Crippen molar-refractivity contribution >= 4 is 10.9 Å². The number of benzene rings is 1. The molecule has 1 unspecified atom stereocenters. The van der Waals surface area contributed by atoms with Crippen molar-refractivity contribution < 1.29 is 32.2 Å². The first-order valence-electron chi connectivity index (χ1n) is 14.9. The molecule has 4 fully saturated rings. The molecule has 1 aromatic carbocycles. The molecular formula is C31H39F4NO4. The fraction of sp³-hybridized carbons (Fsp3) is 0.742. The summed E-state index contributed by atoms with van der Waals surface area (Å²) in [5.74, 6) is -5.64. The largest absolute Gasteiger partial charge is 0.408 e. The van der Waals surface area contributed by atoms with Gasteiger partial charge in [-0.2, -0.15) is 0 Å². The number of aliphatic hydroxyl groups is 2. The smallest absolute Gasteiger partial charge is 0.350 e. The minimum Gasteiger partial charge on any atom is -0.408 e. The van der Waals surface area contributed by atoms with Crippen molar-refractivity contribution in [1.29, 1.82) is 0 Å². The highest BCUT2D eigenvalue weighted by atomic mass is 19.2. The number of aliphatic hydroxyl groups excluding tert-OH is 2. The predicted octanol–water partition coefficient (Wildman–Crippen LogP) is 6.30. The fourth-order valence-electron chi connectivity index (χ4n) is 10.1. The summed E-state index contributed by atoms with van der Waals surface area (Å²) in [5, 5.41) is 20.7. The molecule has 0 spiro atoms. The van der Waals surface area contributed by atoms with E-state index in [0.717, 1.165) is 51.4 Å². The zero-order chi connectivity index (χ0) is 28.7. The summed E-state index contributed by atoms with van der Waals surface area (Å²) < 4.78 is 61.0. The van der Waals surface area contributed by atoms with E-state index in [2.05, 4.69) is 25.8 Å². The van der Waals surface area contributed by atoms with E-state index in [1.807, 2.05) is 0 Å². The van der Waals surface area contributed by atoms with E-state index >= 15 is 0 Å². The van der Waals surface area contributed by atoms with Gasteiger partial charge >= 0.3 is 5.63 Å². The Morgan fingerprint density at radius 3 is 2.35 bits per heavy atom. The van der Waals surface area contributed by atoms with Gasteiger partial charge in [-0.3, -0.25) is 0 Å². The first-order valence-corrected chi connectivity index (χ1v) is 14.9. The van der Waals surface area contributed by atoms with Crippen LogP contribution in [-0.2, 0) is 6.42 Å². The molecule has 0 amide bonds. The van der Waals surface area contributed by atoms with Crippen molar-refractivity contribution in [2.75, 3.05) is 0 Å². The van der Waals surface area contributed by atoms with E-state index in [1.165, 1.54) is 0 Å². The number of aryl methyl sites for hydroxylation is 1. The number of nitrogens with zero attached hydrogens (tertiary/aromatic N) is 1. The Balaban J connectivity index is 1.20. The highest BCUT2D eigenvalue weighted by Gasteiger charge is 2.62. The van der Waals surface area contributed by atoms with E-state index in [9.17, 15) is 32.6 Å². The van der Waals surface area contributed by atoms with E-state index in [4.69, 9.17) is 4.42 Å². The quantitative estimate of drug-likeness (QED) is 0.258. The molecule has 2 N–H and O–H groups in total. The molecule has 220 valence electrons. The Kier molecular flexibility index (Phi) is 6.88. The summed E-state index contributed by atoms with van der Waals surface area (Å²) in [6.45, 7) is 6.90. The molecular weight excluding hydrogens is 526 g/mol. The molecule has 0 saturated heterocycles. The number of fused-ring (bicyclic) bond motifs is 6. The summed E-state index contributed by atoms with van der Waals surface area (Å²) >= 11 is 0. The standard InChI is InChI=1S/C31H39F4NO4/c1-14(4-7-21-36-28-23(29(39)40-21)24(32)25(33)26(34)27(28)35)17-5-6-18-22-19(9-11-31(17,18)3)30(2)10-8-16(37)12-15(30)13-20(22)38/h14-20,22,37-38H,4-13H2,1-3H3/t14-,15+,16-,17-,18+,19?,20-,22+,30+,31-/m1/s1. The Morgan fingerprint density at radius 1 is 0.925 bits per heavy atom. The average Bonchev–Trinajstić information content (AvgIpc) is 3.27. The van der Waals surface area contributed by atoms with Crippen LogP contribution in [0.15, 0.2) is 9.21 Å².